The number of anilines is 1. The summed E-state index contributed by atoms with van der Waals surface area (Å²) in [5, 5.41) is 9.49. The molecule has 122 valence electrons. The molecular formula is C20H15ClN4. The number of hydrogen-bond donors (Lipinski definition) is 0. The average Bonchev–Trinajstić information content (AvgIpc) is 3.25. The molecule has 1 fully saturated rings. The molecule has 0 saturated carbocycles. The number of fused-ring (bicyclic) bond motifs is 1. The summed E-state index contributed by atoms with van der Waals surface area (Å²) in [5.41, 5.74) is 4.35. The summed E-state index contributed by atoms with van der Waals surface area (Å²) in [4.78, 5) is 2.35. The van der Waals surface area contributed by atoms with E-state index in [1.807, 2.05) is 41.1 Å². The summed E-state index contributed by atoms with van der Waals surface area (Å²) >= 11 is 6.06. The highest BCUT2D eigenvalue weighted by Crippen LogP contribution is 2.54. The quantitative estimate of drug-likeness (QED) is 0.497. The first kappa shape index (κ1) is 14.5. The van der Waals surface area contributed by atoms with Gasteiger partial charge in [-0.25, -0.2) is 4.68 Å². The van der Waals surface area contributed by atoms with Gasteiger partial charge in [0.05, 0.1) is 11.6 Å². The number of nitrogens with zero attached hydrogens (tertiary/aromatic N) is 4. The van der Waals surface area contributed by atoms with Crippen molar-refractivity contribution in [3.63, 3.8) is 0 Å². The number of rotatable bonds is 3. The van der Waals surface area contributed by atoms with Crippen molar-refractivity contribution in [2.75, 3.05) is 4.90 Å². The van der Waals surface area contributed by atoms with Crippen molar-refractivity contribution >= 4 is 28.3 Å². The van der Waals surface area contributed by atoms with Gasteiger partial charge in [-0.2, -0.15) is 0 Å². The van der Waals surface area contributed by atoms with E-state index < -0.39 is 0 Å². The molecule has 2 heterocycles. The van der Waals surface area contributed by atoms with Gasteiger partial charge in [-0.15, -0.1) is 5.10 Å². The Bertz CT molecular complexity index is 1030. The largest absolute Gasteiger partial charge is 0.336 e. The second kappa shape index (κ2) is 5.60. The van der Waals surface area contributed by atoms with Crippen LogP contribution in [0.1, 0.15) is 17.8 Å². The van der Waals surface area contributed by atoms with Crippen LogP contribution in [0.2, 0.25) is 5.02 Å². The Morgan fingerprint density at radius 3 is 2.32 bits per heavy atom. The third kappa shape index (κ3) is 2.37. The SMILES string of the molecule is Clc1ccc(C2[C@H](n3nnc4ccccc43)N2c2ccccc2)cc1. The van der Waals surface area contributed by atoms with Crippen LogP contribution in [0.25, 0.3) is 11.0 Å². The summed E-state index contributed by atoms with van der Waals surface area (Å²) in [6, 6.07) is 26.7. The topological polar surface area (TPSA) is 33.7 Å². The molecule has 0 N–H and O–H groups in total. The maximum Gasteiger partial charge on any atom is 0.151 e. The second-order valence-electron chi connectivity index (χ2n) is 6.18. The maximum absolute atomic E-state index is 6.06. The van der Waals surface area contributed by atoms with Gasteiger partial charge in [0.25, 0.3) is 0 Å². The predicted octanol–water partition coefficient (Wildman–Crippen LogP) is 4.84. The van der Waals surface area contributed by atoms with Crippen LogP contribution >= 0.6 is 11.6 Å². The normalized spacial score (nSPS) is 19.3. The fraction of sp³-hybridized carbons (Fsp3) is 0.100. The highest BCUT2D eigenvalue weighted by atomic mass is 35.5. The van der Waals surface area contributed by atoms with Gasteiger partial charge >= 0.3 is 0 Å². The Labute approximate surface area is 150 Å². The van der Waals surface area contributed by atoms with Crippen molar-refractivity contribution in [1.29, 1.82) is 0 Å². The first-order valence-corrected chi connectivity index (χ1v) is 8.59. The monoisotopic (exact) mass is 346 g/mol. The molecule has 0 radical (unpaired) electrons. The van der Waals surface area contributed by atoms with Crippen LogP contribution in [0.4, 0.5) is 5.69 Å². The van der Waals surface area contributed by atoms with Crippen LogP contribution < -0.4 is 4.90 Å². The minimum Gasteiger partial charge on any atom is -0.336 e. The molecule has 0 spiro atoms. The minimum atomic E-state index is 0.107. The summed E-state index contributed by atoms with van der Waals surface area (Å²) in [6.07, 6.45) is 0.107. The third-order valence-electron chi connectivity index (χ3n) is 4.67. The van der Waals surface area contributed by atoms with Crippen LogP contribution in [0.5, 0.6) is 0 Å². The fourth-order valence-corrected chi connectivity index (χ4v) is 3.58. The summed E-state index contributed by atoms with van der Waals surface area (Å²) in [6.45, 7) is 0. The van der Waals surface area contributed by atoms with Crippen LogP contribution in [-0.2, 0) is 0 Å². The summed E-state index contributed by atoms with van der Waals surface area (Å²) < 4.78 is 2.02. The van der Waals surface area contributed by atoms with Gasteiger partial charge < -0.3 is 4.90 Å². The van der Waals surface area contributed by atoms with Gasteiger partial charge in [0.1, 0.15) is 5.52 Å². The number of aromatic nitrogens is 3. The molecule has 25 heavy (non-hydrogen) atoms. The standard InChI is InChI=1S/C20H15ClN4/c21-15-12-10-14(11-13-15)19-20(24(19)16-6-2-1-3-7-16)25-18-9-5-4-8-17(18)22-23-25/h1-13,19-20H/t19?,20-,24?/m0/s1. The zero-order chi connectivity index (χ0) is 16.8. The lowest BCUT2D eigenvalue weighted by Crippen LogP contribution is -2.03. The highest BCUT2D eigenvalue weighted by Gasteiger charge is 2.51. The Balaban J connectivity index is 1.61. The second-order valence-corrected chi connectivity index (χ2v) is 6.61. The van der Waals surface area contributed by atoms with Crippen molar-refractivity contribution in [1.82, 2.24) is 15.0 Å². The number of benzene rings is 3. The Morgan fingerprint density at radius 1 is 0.800 bits per heavy atom. The van der Waals surface area contributed by atoms with E-state index in [2.05, 4.69) is 57.7 Å². The van der Waals surface area contributed by atoms with Crippen LogP contribution in [0.15, 0.2) is 78.9 Å². The fourth-order valence-electron chi connectivity index (χ4n) is 3.46. The van der Waals surface area contributed by atoms with E-state index in [1.54, 1.807) is 0 Å². The van der Waals surface area contributed by atoms with Crippen LogP contribution in [0.3, 0.4) is 0 Å². The van der Waals surface area contributed by atoms with E-state index in [4.69, 9.17) is 11.6 Å². The van der Waals surface area contributed by atoms with Gasteiger partial charge in [-0.05, 0) is 42.0 Å². The lowest BCUT2D eigenvalue weighted by Gasteiger charge is -2.06. The molecule has 3 aromatic carbocycles. The molecule has 4 nitrogen and oxygen atoms in total. The molecule has 1 saturated heterocycles. The van der Waals surface area contributed by atoms with Crippen LogP contribution in [-0.4, -0.2) is 15.0 Å². The van der Waals surface area contributed by atoms with E-state index >= 15 is 0 Å². The molecule has 5 heteroatoms. The van der Waals surface area contributed by atoms with Crippen molar-refractivity contribution in [2.45, 2.75) is 12.2 Å². The van der Waals surface area contributed by atoms with Gasteiger partial charge in [-0.3, -0.25) is 0 Å². The van der Waals surface area contributed by atoms with E-state index in [-0.39, 0.29) is 12.2 Å². The number of halogens is 1. The Morgan fingerprint density at radius 2 is 1.52 bits per heavy atom. The van der Waals surface area contributed by atoms with Gasteiger partial charge in [0.2, 0.25) is 0 Å². The first-order valence-electron chi connectivity index (χ1n) is 8.22. The van der Waals surface area contributed by atoms with E-state index in [0.717, 1.165) is 16.1 Å². The number of hydrogen-bond acceptors (Lipinski definition) is 3. The lowest BCUT2D eigenvalue weighted by atomic mass is 10.1. The minimum absolute atomic E-state index is 0.107. The van der Waals surface area contributed by atoms with Crippen LogP contribution in [0, 0.1) is 0 Å². The average molecular weight is 347 g/mol. The first-order chi connectivity index (χ1) is 12.3. The Kier molecular flexibility index (Phi) is 3.25. The van der Waals surface area contributed by atoms with Gasteiger partial charge in [0.15, 0.2) is 6.17 Å². The molecule has 1 aliphatic heterocycles. The van der Waals surface area contributed by atoms with Gasteiger partial charge in [0, 0.05) is 10.7 Å². The smallest absolute Gasteiger partial charge is 0.151 e. The summed E-state index contributed by atoms with van der Waals surface area (Å²) in [5.74, 6) is 0. The Hall–Kier alpha value is -2.85. The van der Waals surface area contributed by atoms with E-state index in [1.165, 1.54) is 11.3 Å². The molecule has 2 atom stereocenters. The number of para-hydroxylation sites is 2. The molecule has 0 aliphatic carbocycles. The third-order valence-corrected chi connectivity index (χ3v) is 4.92. The maximum atomic E-state index is 6.06. The van der Waals surface area contributed by atoms with Gasteiger partial charge in [-0.1, -0.05) is 59.3 Å². The highest BCUT2D eigenvalue weighted by molar-refractivity contribution is 6.30. The molecule has 4 aromatic rings. The molecule has 0 bridgehead atoms. The molecule has 1 aliphatic rings. The zero-order valence-corrected chi connectivity index (χ0v) is 14.1. The molecule has 1 unspecified atom stereocenters. The van der Waals surface area contributed by atoms with E-state index in [0.29, 0.717) is 0 Å². The predicted molar refractivity (Wildman–Crippen MR) is 99.7 cm³/mol. The van der Waals surface area contributed by atoms with Crippen molar-refractivity contribution < 1.29 is 0 Å². The summed E-state index contributed by atoms with van der Waals surface area (Å²) in [7, 11) is 0. The van der Waals surface area contributed by atoms with Crippen molar-refractivity contribution in [2.24, 2.45) is 0 Å². The zero-order valence-electron chi connectivity index (χ0n) is 13.3. The molecule has 1 aromatic heterocycles. The molecule has 0 amide bonds. The molecular weight excluding hydrogens is 332 g/mol. The lowest BCUT2D eigenvalue weighted by molar-refractivity contribution is 0.615. The van der Waals surface area contributed by atoms with Crippen molar-refractivity contribution in [3.05, 3.63) is 89.4 Å². The van der Waals surface area contributed by atoms with Crippen molar-refractivity contribution in [3.8, 4) is 0 Å². The molecule has 5 rings (SSSR count). The van der Waals surface area contributed by atoms with E-state index in [9.17, 15) is 0 Å².